The summed E-state index contributed by atoms with van der Waals surface area (Å²) in [6.07, 6.45) is 0. The minimum atomic E-state index is -0.117. The van der Waals surface area contributed by atoms with Gasteiger partial charge in [0, 0.05) is 11.9 Å². The predicted molar refractivity (Wildman–Crippen MR) is 77.7 cm³/mol. The quantitative estimate of drug-likeness (QED) is 0.880. The monoisotopic (exact) mass is 275 g/mol. The Hall–Kier alpha value is -1.36. The van der Waals surface area contributed by atoms with Crippen LogP contribution in [-0.2, 0) is 4.74 Å². The summed E-state index contributed by atoms with van der Waals surface area (Å²) in [4.78, 5) is 0. The van der Waals surface area contributed by atoms with E-state index in [-0.39, 0.29) is 18.1 Å². The van der Waals surface area contributed by atoms with Crippen LogP contribution in [0.15, 0.2) is 28.7 Å². The van der Waals surface area contributed by atoms with Gasteiger partial charge in [-0.2, -0.15) is 0 Å². The fourth-order valence-electron chi connectivity index (χ4n) is 2.71. The van der Waals surface area contributed by atoms with Gasteiger partial charge in [0.25, 0.3) is 0 Å². The Morgan fingerprint density at radius 3 is 2.70 bits per heavy atom. The van der Waals surface area contributed by atoms with Gasteiger partial charge in [0.05, 0.1) is 31.3 Å². The Morgan fingerprint density at radius 1 is 1.35 bits per heavy atom. The van der Waals surface area contributed by atoms with E-state index in [1.807, 2.05) is 18.2 Å². The number of furan rings is 1. The van der Waals surface area contributed by atoms with Gasteiger partial charge in [0.15, 0.2) is 0 Å². The van der Waals surface area contributed by atoms with Crippen molar-refractivity contribution in [1.29, 1.82) is 0 Å². The second-order valence-corrected chi connectivity index (χ2v) is 5.84. The van der Waals surface area contributed by atoms with E-state index in [0.717, 1.165) is 17.9 Å². The molecule has 0 saturated carbocycles. The van der Waals surface area contributed by atoms with Crippen LogP contribution in [0.2, 0.25) is 0 Å². The first-order valence-electron chi connectivity index (χ1n) is 7.05. The maximum atomic E-state index is 9.45. The molecule has 0 bridgehead atoms. The van der Waals surface area contributed by atoms with Crippen LogP contribution in [0.4, 0.5) is 0 Å². The normalized spacial score (nSPS) is 18.9. The molecule has 0 radical (unpaired) electrons. The van der Waals surface area contributed by atoms with E-state index in [1.165, 1.54) is 10.9 Å². The van der Waals surface area contributed by atoms with Crippen molar-refractivity contribution in [3.8, 4) is 0 Å². The van der Waals surface area contributed by atoms with E-state index in [1.54, 1.807) is 0 Å². The second kappa shape index (κ2) is 5.20. The molecule has 3 rings (SSSR count). The first-order valence-corrected chi connectivity index (χ1v) is 7.05. The van der Waals surface area contributed by atoms with Gasteiger partial charge in [-0.15, -0.1) is 0 Å². The first kappa shape index (κ1) is 13.6. The summed E-state index contributed by atoms with van der Waals surface area (Å²) in [5.41, 5.74) is 2.00. The number of aliphatic hydroxyl groups excluding tert-OH is 1. The molecule has 2 N–H and O–H groups in total. The number of nitrogens with one attached hydrogen (secondary N) is 1. The molecule has 0 aliphatic carbocycles. The molecule has 1 unspecified atom stereocenters. The van der Waals surface area contributed by atoms with Gasteiger partial charge < -0.3 is 19.6 Å². The van der Waals surface area contributed by atoms with Crippen LogP contribution in [0, 0.1) is 12.3 Å². The van der Waals surface area contributed by atoms with E-state index in [2.05, 4.69) is 25.2 Å². The Morgan fingerprint density at radius 2 is 2.10 bits per heavy atom. The Kier molecular flexibility index (Phi) is 3.54. The van der Waals surface area contributed by atoms with E-state index in [9.17, 15) is 5.11 Å². The second-order valence-electron chi connectivity index (χ2n) is 5.84. The minimum absolute atomic E-state index is 0.117. The molecule has 2 aromatic rings. The summed E-state index contributed by atoms with van der Waals surface area (Å²) >= 11 is 0. The lowest BCUT2D eigenvalue weighted by Crippen LogP contribution is -2.52. The molecule has 0 spiro atoms. The molecule has 1 fully saturated rings. The van der Waals surface area contributed by atoms with Gasteiger partial charge in [-0.25, -0.2) is 0 Å². The fourth-order valence-corrected chi connectivity index (χ4v) is 2.71. The molecule has 1 aliphatic heterocycles. The first-order chi connectivity index (χ1) is 9.65. The molecular weight excluding hydrogens is 254 g/mol. The standard InChI is InChI=1S/C16H21NO3/c1-11-13-5-3-4-6-14(13)20-15(11)12(2)17-7-16(8-18)9-19-10-16/h3-6,12,17-18H,7-10H2,1-2H3. The minimum Gasteiger partial charge on any atom is -0.459 e. The zero-order chi connectivity index (χ0) is 14.2. The highest BCUT2D eigenvalue weighted by Gasteiger charge is 2.38. The van der Waals surface area contributed by atoms with Gasteiger partial charge in [0.2, 0.25) is 0 Å². The average molecular weight is 275 g/mol. The zero-order valence-electron chi connectivity index (χ0n) is 12.0. The summed E-state index contributed by atoms with van der Waals surface area (Å²) in [6, 6.07) is 8.21. The largest absolute Gasteiger partial charge is 0.459 e. The number of rotatable bonds is 5. The summed E-state index contributed by atoms with van der Waals surface area (Å²) in [5.74, 6) is 0.972. The van der Waals surface area contributed by atoms with Crippen molar-refractivity contribution in [2.24, 2.45) is 5.41 Å². The molecule has 4 heteroatoms. The lowest BCUT2D eigenvalue weighted by atomic mass is 9.86. The van der Waals surface area contributed by atoms with Gasteiger partial charge in [0.1, 0.15) is 11.3 Å². The van der Waals surface area contributed by atoms with Crippen LogP contribution >= 0.6 is 0 Å². The maximum Gasteiger partial charge on any atom is 0.134 e. The van der Waals surface area contributed by atoms with Crippen LogP contribution in [-0.4, -0.2) is 31.5 Å². The highest BCUT2D eigenvalue weighted by Crippen LogP contribution is 2.31. The highest BCUT2D eigenvalue weighted by atomic mass is 16.5. The summed E-state index contributed by atoms with van der Waals surface area (Å²) in [6.45, 7) is 6.33. The zero-order valence-corrected chi connectivity index (χ0v) is 12.0. The van der Waals surface area contributed by atoms with Crippen molar-refractivity contribution in [3.63, 3.8) is 0 Å². The summed E-state index contributed by atoms with van der Waals surface area (Å²) in [7, 11) is 0. The molecule has 0 amide bonds. The molecule has 1 saturated heterocycles. The lowest BCUT2D eigenvalue weighted by molar-refractivity contribution is -0.135. The van der Waals surface area contributed by atoms with E-state index in [0.29, 0.717) is 13.2 Å². The van der Waals surface area contributed by atoms with Crippen LogP contribution in [0.1, 0.15) is 24.3 Å². The van der Waals surface area contributed by atoms with Crippen LogP contribution in [0.5, 0.6) is 0 Å². The third-order valence-electron chi connectivity index (χ3n) is 4.21. The van der Waals surface area contributed by atoms with Crippen molar-refractivity contribution in [3.05, 3.63) is 35.6 Å². The molecule has 2 heterocycles. The SMILES string of the molecule is Cc1c(C(C)NCC2(CO)COC2)oc2ccccc12. The predicted octanol–water partition coefficient (Wildman–Crippen LogP) is 2.40. The third kappa shape index (κ3) is 2.24. The van der Waals surface area contributed by atoms with Crippen LogP contribution in [0.25, 0.3) is 11.0 Å². The lowest BCUT2D eigenvalue weighted by Gasteiger charge is -2.40. The number of fused-ring (bicyclic) bond motifs is 1. The Balaban J connectivity index is 1.75. The Bertz CT molecular complexity index is 595. The van der Waals surface area contributed by atoms with Crippen molar-refractivity contribution in [1.82, 2.24) is 5.32 Å². The molecule has 1 aliphatic rings. The number of benzene rings is 1. The number of hydrogen-bond donors (Lipinski definition) is 2. The number of aliphatic hydroxyl groups is 1. The fraction of sp³-hybridized carbons (Fsp3) is 0.500. The summed E-state index contributed by atoms with van der Waals surface area (Å²) < 4.78 is 11.2. The highest BCUT2D eigenvalue weighted by molar-refractivity contribution is 5.82. The van der Waals surface area contributed by atoms with E-state index in [4.69, 9.17) is 9.15 Å². The van der Waals surface area contributed by atoms with Crippen LogP contribution in [0.3, 0.4) is 0 Å². The van der Waals surface area contributed by atoms with Gasteiger partial charge in [-0.05, 0) is 25.5 Å². The average Bonchev–Trinajstić information content (AvgIpc) is 2.76. The molecule has 1 atom stereocenters. The van der Waals surface area contributed by atoms with Crippen molar-refractivity contribution < 1.29 is 14.3 Å². The van der Waals surface area contributed by atoms with E-state index >= 15 is 0 Å². The van der Waals surface area contributed by atoms with Crippen molar-refractivity contribution in [2.45, 2.75) is 19.9 Å². The smallest absolute Gasteiger partial charge is 0.134 e. The van der Waals surface area contributed by atoms with Gasteiger partial charge in [-0.3, -0.25) is 0 Å². The molecular formula is C16H21NO3. The number of hydrogen-bond acceptors (Lipinski definition) is 4. The summed E-state index contributed by atoms with van der Waals surface area (Å²) in [5, 5.41) is 14.1. The number of para-hydroxylation sites is 1. The number of ether oxygens (including phenoxy) is 1. The third-order valence-corrected chi connectivity index (χ3v) is 4.21. The van der Waals surface area contributed by atoms with Crippen molar-refractivity contribution >= 4 is 11.0 Å². The maximum absolute atomic E-state index is 9.45. The molecule has 20 heavy (non-hydrogen) atoms. The van der Waals surface area contributed by atoms with E-state index < -0.39 is 0 Å². The van der Waals surface area contributed by atoms with Gasteiger partial charge >= 0.3 is 0 Å². The molecule has 4 nitrogen and oxygen atoms in total. The molecule has 1 aromatic heterocycles. The molecule has 1 aromatic carbocycles. The van der Waals surface area contributed by atoms with Crippen molar-refractivity contribution in [2.75, 3.05) is 26.4 Å². The Labute approximate surface area is 118 Å². The number of aryl methyl sites for hydroxylation is 1. The topological polar surface area (TPSA) is 54.6 Å². The van der Waals surface area contributed by atoms with Gasteiger partial charge in [-0.1, -0.05) is 18.2 Å². The van der Waals surface area contributed by atoms with Crippen LogP contribution < -0.4 is 5.32 Å². The molecule has 108 valence electrons.